The molecule has 0 amide bonds. The van der Waals surface area contributed by atoms with Gasteiger partial charge in [0.05, 0.1) is 26.2 Å². The van der Waals surface area contributed by atoms with Crippen molar-refractivity contribution in [2.45, 2.75) is 0 Å². The van der Waals surface area contributed by atoms with Crippen molar-refractivity contribution < 1.29 is 42.5 Å². The zero-order valence-corrected chi connectivity index (χ0v) is 10.6. The highest BCUT2D eigenvalue weighted by Gasteiger charge is 2.17. The molecule has 0 atom stereocenters. The van der Waals surface area contributed by atoms with Crippen molar-refractivity contribution in [3.8, 4) is 0 Å². The number of rotatable bonds is 11. The van der Waals surface area contributed by atoms with Gasteiger partial charge in [0.1, 0.15) is 0 Å². The first-order valence-electron chi connectivity index (χ1n) is 5.52. The number of carbonyl (C=O) groups is 4. The van der Waals surface area contributed by atoms with E-state index in [1.54, 1.807) is 0 Å². The van der Waals surface area contributed by atoms with E-state index >= 15 is 0 Å². The Balaban J connectivity index is -0.00000180. The van der Waals surface area contributed by atoms with E-state index in [9.17, 15) is 19.2 Å². The van der Waals surface area contributed by atoms with Crippen LogP contribution in [0.1, 0.15) is 2.85 Å². The van der Waals surface area contributed by atoms with Crippen LogP contribution in [0.4, 0.5) is 0 Å². The molecule has 0 aliphatic carbocycles. The minimum Gasteiger partial charge on any atom is -0.480 e. The summed E-state index contributed by atoms with van der Waals surface area (Å²) in [6, 6.07) is 0. The first kappa shape index (κ1) is 17.8. The van der Waals surface area contributed by atoms with Gasteiger partial charge in [-0.2, -0.15) is 0 Å². The van der Waals surface area contributed by atoms with Crippen molar-refractivity contribution in [3.05, 3.63) is 0 Å². The molecule has 0 spiro atoms. The zero-order chi connectivity index (χ0) is 15.7. The number of carboxylic acid groups (broad SMARTS) is 4. The average molecular weight is 296 g/mol. The number of nitrogens with zero attached hydrogens (tertiary/aromatic N) is 2. The molecule has 0 heterocycles. The largest absolute Gasteiger partial charge is 0.480 e. The van der Waals surface area contributed by atoms with Gasteiger partial charge in [-0.15, -0.1) is 0 Å². The first-order valence-corrected chi connectivity index (χ1v) is 5.52. The minimum absolute atomic E-state index is 0. The molecule has 0 aromatic rings. The molecule has 0 radical (unpaired) electrons. The van der Waals surface area contributed by atoms with Gasteiger partial charge in [-0.25, -0.2) is 0 Å². The molecule has 0 unspecified atom stereocenters. The molecular weight excluding hydrogens is 276 g/mol. The molecule has 20 heavy (non-hydrogen) atoms. The lowest BCUT2D eigenvalue weighted by Gasteiger charge is -2.23. The Morgan fingerprint density at radius 3 is 0.950 bits per heavy atom. The number of aliphatic carboxylic acids is 4. The second-order valence-electron chi connectivity index (χ2n) is 4.00. The maximum atomic E-state index is 10.6. The maximum absolute atomic E-state index is 10.6. The van der Waals surface area contributed by atoms with Gasteiger partial charge in [0.15, 0.2) is 0 Å². The number of carboxylic acids is 4. The monoisotopic (exact) mass is 296 g/mol. The quantitative estimate of drug-likeness (QED) is 0.351. The molecule has 0 bridgehead atoms. The molecule has 0 aliphatic heterocycles. The molecule has 0 saturated heterocycles. The average Bonchev–Trinajstić information content (AvgIpc) is 2.22. The van der Waals surface area contributed by atoms with Crippen LogP contribution in [-0.2, 0) is 19.2 Å². The van der Waals surface area contributed by atoms with Crippen molar-refractivity contribution in [2.24, 2.45) is 0 Å². The second-order valence-corrected chi connectivity index (χ2v) is 4.00. The molecule has 4 N–H and O–H groups in total. The van der Waals surface area contributed by atoms with Gasteiger partial charge in [-0.1, -0.05) is 0 Å². The van der Waals surface area contributed by atoms with Crippen LogP contribution < -0.4 is 0 Å². The fourth-order valence-electron chi connectivity index (χ4n) is 1.48. The highest BCUT2D eigenvalue weighted by Crippen LogP contribution is 1.94. The summed E-state index contributed by atoms with van der Waals surface area (Å²) >= 11 is 0. The van der Waals surface area contributed by atoms with Gasteiger partial charge >= 0.3 is 23.9 Å². The lowest BCUT2D eigenvalue weighted by atomic mass is 10.4. The third-order valence-electron chi connectivity index (χ3n) is 2.17. The standard InChI is InChI=1S/C10H16N2O8.2H2/c13-7(14)3-11(4-8(15)16)1-2-12(5-9(17)18)6-10(19)20;;/h1-6H2,(H,13,14)(H,15,16)(H,17,18)(H,19,20);2*1H. The van der Waals surface area contributed by atoms with Crippen LogP contribution in [0, 0.1) is 0 Å². The lowest BCUT2D eigenvalue weighted by Crippen LogP contribution is -2.43. The predicted molar refractivity (Wildman–Crippen MR) is 67.7 cm³/mol. The van der Waals surface area contributed by atoms with Crippen LogP contribution in [0.15, 0.2) is 0 Å². The number of hydrogen-bond donors (Lipinski definition) is 4. The summed E-state index contributed by atoms with van der Waals surface area (Å²) in [5.41, 5.74) is 0. The molecule has 0 aromatic carbocycles. The summed E-state index contributed by atoms with van der Waals surface area (Å²) in [4.78, 5) is 44.4. The van der Waals surface area contributed by atoms with Crippen LogP contribution in [0.25, 0.3) is 0 Å². The van der Waals surface area contributed by atoms with E-state index in [4.69, 9.17) is 20.4 Å². The summed E-state index contributed by atoms with van der Waals surface area (Å²) in [5.74, 6) is -4.91. The first-order chi connectivity index (χ1) is 9.20. The normalized spacial score (nSPS) is 10.7. The lowest BCUT2D eigenvalue weighted by molar-refractivity contribution is -0.145. The topological polar surface area (TPSA) is 156 Å². The van der Waals surface area contributed by atoms with Gasteiger partial charge in [0.2, 0.25) is 0 Å². The third kappa shape index (κ3) is 9.79. The molecule has 118 valence electrons. The van der Waals surface area contributed by atoms with E-state index in [1.807, 2.05) is 0 Å². The van der Waals surface area contributed by atoms with E-state index in [0.717, 1.165) is 9.80 Å². The van der Waals surface area contributed by atoms with Crippen LogP contribution >= 0.6 is 0 Å². The molecule has 0 aromatic heterocycles. The highest BCUT2D eigenvalue weighted by molar-refractivity contribution is 5.73. The Kier molecular flexibility index (Phi) is 7.85. The Morgan fingerprint density at radius 1 is 0.600 bits per heavy atom. The Hall–Kier alpha value is -2.20. The fourth-order valence-corrected chi connectivity index (χ4v) is 1.48. The molecule has 10 heteroatoms. The Bertz CT molecular complexity index is 325. The second kappa shape index (κ2) is 8.82. The van der Waals surface area contributed by atoms with Gasteiger partial charge in [-0.05, 0) is 0 Å². The SMILES string of the molecule is O=C(O)CN(CCN(CC(=O)O)CC(=O)O)CC(=O)O.[HH].[HH]. The maximum Gasteiger partial charge on any atom is 0.317 e. The van der Waals surface area contributed by atoms with Crippen molar-refractivity contribution in [1.82, 2.24) is 9.80 Å². The predicted octanol–water partition coefficient (Wildman–Crippen LogP) is -1.58. The van der Waals surface area contributed by atoms with Crippen molar-refractivity contribution >= 4 is 23.9 Å². The highest BCUT2D eigenvalue weighted by atomic mass is 16.4. The van der Waals surface area contributed by atoms with E-state index in [2.05, 4.69) is 0 Å². The molecule has 10 nitrogen and oxygen atoms in total. The van der Waals surface area contributed by atoms with Crippen LogP contribution in [-0.4, -0.2) is 93.4 Å². The van der Waals surface area contributed by atoms with Crippen LogP contribution in [0.2, 0.25) is 0 Å². The van der Waals surface area contributed by atoms with E-state index in [1.165, 1.54) is 0 Å². The zero-order valence-electron chi connectivity index (χ0n) is 10.6. The molecule has 0 rings (SSSR count). The Labute approximate surface area is 116 Å². The summed E-state index contributed by atoms with van der Waals surface area (Å²) in [6.07, 6.45) is 0. The van der Waals surface area contributed by atoms with Crippen molar-refractivity contribution in [2.75, 3.05) is 39.3 Å². The molecule has 0 aliphatic rings. The third-order valence-corrected chi connectivity index (χ3v) is 2.17. The van der Waals surface area contributed by atoms with Gasteiger partial charge in [0.25, 0.3) is 0 Å². The minimum atomic E-state index is -1.23. The van der Waals surface area contributed by atoms with Gasteiger partial charge in [0, 0.05) is 15.9 Å². The smallest absolute Gasteiger partial charge is 0.317 e. The van der Waals surface area contributed by atoms with Gasteiger partial charge < -0.3 is 20.4 Å². The van der Waals surface area contributed by atoms with Crippen LogP contribution in [0.5, 0.6) is 0 Å². The van der Waals surface area contributed by atoms with E-state index in [-0.39, 0.29) is 15.9 Å². The fraction of sp³-hybridized carbons (Fsp3) is 0.600. The van der Waals surface area contributed by atoms with Gasteiger partial charge in [-0.3, -0.25) is 29.0 Å². The summed E-state index contributed by atoms with van der Waals surface area (Å²) < 4.78 is 0. The van der Waals surface area contributed by atoms with E-state index in [0.29, 0.717) is 0 Å². The van der Waals surface area contributed by atoms with Crippen molar-refractivity contribution in [1.29, 1.82) is 0 Å². The summed E-state index contributed by atoms with van der Waals surface area (Å²) in [6.45, 7) is -2.25. The Morgan fingerprint density at radius 2 is 0.800 bits per heavy atom. The molecule has 0 saturated carbocycles. The summed E-state index contributed by atoms with van der Waals surface area (Å²) in [5, 5.41) is 34.5. The molecular formula is C10H20N2O8. The van der Waals surface area contributed by atoms with Crippen LogP contribution in [0.3, 0.4) is 0 Å². The summed E-state index contributed by atoms with van der Waals surface area (Å²) in [7, 11) is 0. The number of hydrogen-bond acceptors (Lipinski definition) is 6. The molecule has 0 fully saturated rings. The van der Waals surface area contributed by atoms with E-state index < -0.39 is 50.1 Å². The van der Waals surface area contributed by atoms with Crippen molar-refractivity contribution in [3.63, 3.8) is 0 Å².